The number of hydrogen-bond acceptors (Lipinski definition) is 3. The van der Waals surface area contributed by atoms with Gasteiger partial charge in [0.2, 0.25) is 0 Å². The monoisotopic (exact) mass is 248 g/mol. The Morgan fingerprint density at radius 3 is 2.17 bits per heavy atom. The molecule has 0 saturated carbocycles. The maximum absolute atomic E-state index is 9.22. The fourth-order valence-electron chi connectivity index (χ4n) is 2.01. The van der Waals surface area contributed by atoms with Crippen LogP contribution in [0.2, 0.25) is 0 Å². The fourth-order valence-corrected chi connectivity index (χ4v) is 2.01. The lowest BCUT2D eigenvalue weighted by Gasteiger charge is -2.32. The topological polar surface area (TPSA) is 38.7 Å². The molecule has 3 nitrogen and oxygen atoms in total. The van der Waals surface area contributed by atoms with Crippen molar-refractivity contribution in [3.05, 3.63) is 29.3 Å². The van der Waals surface area contributed by atoms with Gasteiger partial charge in [-0.05, 0) is 45.6 Å². The van der Waals surface area contributed by atoms with Gasteiger partial charge in [0.25, 0.3) is 0 Å². The van der Waals surface area contributed by atoms with Gasteiger partial charge in [-0.1, -0.05) is 23.8 Å². The summed E-state index contributed by atoms with van der Waals surface area (Å²) in [7, 11) is -0.360. The van der Waals surface area contributed by atoms with E-state index < -0.39 is 0 Å². The van der Waals surface area contributed by atoms with E-state index in [2.05, 4.69) is 0 Å². The molecule has 4 heteroatoms. The van der Waals surface area contributed by atoms with Gasteiger partial charge in [-0.3, -0.25) is 0 Å². The van der Waals surface area contributed by atoms with Gasteiger partial charge in [0, 0.05) is 0 Å². The van der Waals surface area contributed by atoms with Crippen molar-refractivity contribution < 1.29 is 14.4 Å². The minimum absolute atomic E-state index is 0.0345. The van der Waals surface area contributed by atoms with E-state index in [1.54, 1.807) is 0 Å². The highest BCUT2D eigenvalue weighted by atomic mass is 16.7. The molecule has 1 aliphatic heterocycles. The van der Waals surface area contributed by atoms with E-state index in [-0.39, 0.29) is 24.9 Å². The number of benzene rings is 1. The van der Waals surface area contributed by atoms with E-state index in [0.717, 1.165) is 16.6 Å². The number of aliphatic hydroxyl groups excluding tert-OH is 1. The average Bonchev–Trinajstić information content (AvgIpc) is 2.48. The van der Waals surface area contributed by atoms with Crippen LogP contribution in [0.5, 0.6) is 0 Å². The Labute approximate surface area is 109 Å². The second kappa shape index (κ2) is 4.37. The summed E-state index contributed by atoms with van der Waals surface area (Å²) in [4.78, 5) is 0. The molecule has 1 saturated heterocycles. The first-order valence-corrected chi connectivity index (χ1v) is 6.33. The Morgan fingerprint density at radius 1 is 1.11 bits per heavy atom. The first-order chi connectivity index (χ1) is 8.27. The molecule has 0 radical (unpaired) electrons. The SMILES string of the molecule is Cc1ccc(CO)cc1B1OC(C)(C)C(C)(C)O1. The van der Waals surface area contributed by atoms with E-state index in [4.69, 9.17) is 9.31 Å². The fraction of sp³-hybridized carbons (Fsp3) is 0.571. The van der Waals surface area contributed by atoms with E-state index >= 15 is 0 Å². The first-order valence-electron chi connectivity index (χ1n) is 6.33. The number of aryl methyl sites for hydroxylation is 1. The summed E-state index contributed by atoms with van der Waals surface area (Å²) in [5.41, 5.74) is 2.33. The van der Waals surface area contributed by atoms with Gasteiger partial charge >= 0.3 is 7.12 Å². The highest BCUT2D eigenvalue weighted by Gasteiger charge is 2.52. The van der Waals surface area contributed by atoms with E-state index in [0.29, 0.717) is 0 Å². The zero-order chi connectivity index (χ0) is 13.6. The third-order valence-corrected chi connectivity index (χ3v) is 4.03. The molecular weight excluding hydrogens is 227 g/mol. The van der Waals surface area contributed by atoms with Crippen molar-refractivity contribution in [1.29, 1.82) is 0 Å². The van der Waals surface area contributed by atoms with Crippen LogP contribution in [0.1, 0.15) is 38.8 Å². The molecule has 98 valence electrons. The summed E-state index contributed by atoms with van der Waals surface area (Å²) in [6.07, 6.45) is 0. The van der Waals surface area contributed by atoms with Crippen LogP contribution >= 0.6 is 0 Å². The average molecular weight is 248 g/mol. The molecule has 1 heterocycles. The van der Waals surface area contributed by atoms with E-state index in [9.17, 15) is 5.11 Å². The molecule has 0 atom stereocenters. The smallest absolute Gasteiger partial charge is 0.399 e. The maximum atomic E-state index is 9.22. The molecule has 0 unspecified atom stereocenters. The van der Waals surface area contributed by atoms with E-state index in [1.807, 2.05) is 52.8 Å². The summed E-state index contributed by atoms with van der Waals surface area (Å²) in [6, 6.07) is 5.87. The number of aliphatic hydroxyl groups is 1. The molecule has 18 heavy (non-hydrogen) atoms. The number of hydrogen-bond donors (Lipinski definition) is 1. The Hall–Kier alpha value is -0.835. The van der Waals surface area contributed by atoms with Crippen molar-refractivity contribution in [1.82, 2.24) is 0 Å². The van der Waals surface area contributed by atoms with Crippen molar-refractivity contribution in [3.8, 4) is 0 Å². The Balaban J connectivity index is 2.34. The van der Waals surface area contributed by atoms with Crippen molar-refractivity contribution in [2.45, 2.75) is 52.4 Å². The summed E-state index contributed by atoms with van der Waals surface area (Å²) in [5.74, 6) is 0. The molecule has 1 aliphatic rings. The van der Waals surface area contributed by atoms with Gasteiger partial charge in [0.05, 0.1) is 17.8 Å². The Bertz CT molecular complexity index is 438. The quantitative estimate of drug-likeness (QED) is 0.811. The summed E-state index contributed by atoms with van der Waals surface area (Å²) < 4.78 is 12.1. The minimum Gasteiger partial charge on any atom is -0.399 e. The van der Waals surface area contributed by atoms with Crippen molar-refractivity contribution in [3.63, 3.8) is 0 Å². The van der Waals surface area contributed by atoms with Crippen molar-refractivity contribution in [2.75, 3.05) is 0 Å². The normalized spacial score (nSPS) is 21.3. The van der Waals surface area contributed by atoms with Gasteiger partial charge in [-0.15, -0.1) is 0 Å². The van der Waals surface area contributed by atoms with Crippen molar-refractivity contribution in [2.24, 2.45) is 0 Å². The molecule has 1 N–H and O–H groups in total. The van der Waals surface area contributed by atoms with Crippen LogP contribution in [0.4, 0.5) is 0 Å². The zero-order valence-corrected chi connectivity index (χ0v) is 11.8. The second-order valence-electron chi connectivity index (χ2n) is 5.94. The zero-order valence-electron chi connectivity index (χ0n) is 11.8. The molecule has 1 fully saturated rings. The van der Waals surface area contributed by atoms with Gasteiger partial charge in [-0.25, -0.2) is 0 Å². The second-order valence-corrected chi connectivity index (χ2v) is 5.94. The van der Waals surface area contributed by atoms with Gasteiger partial charge in [-0.2, -0.15) is 0 Å². The van der Waals surface area contributed by atoms with Crippen LogP contribution in [0.25, 0.3) is 0 Å². The lowest BCUT2D eigenvalue weighted by atomic mass is 9.75. The molecule has 0 bridgehead atoms. The predicted octanol–water partition coefficient (Wildman–Crippen LogP) is 1.79. The molecular formula is C14H21BO3. The van der Waals surface area contributed by atoms with Crippen molar-refractivity contribution >= 4 is 12.6 Å². The molecule has 0 spiro atoms. The summed E-state index contributed by atoms with van der Waals surface area (Å²) in [6.45, 7) is 10.2. The molecule has 1 aromatic rings. The Morgan fingerprint density at radius 2 is 1.67 bits per heavy atom. The molecule has 0 aromatic heterocycles. The standard InChI is InChI=1S/C14H21BO3/c1-10-6-7-11(9-16)8-12(10)15-17-13(2,3)14(4,5)18-15/h6-8,16H,9H2,1-5H3. The highest BCUT2D eigenvalue weighted by Crippen LogP contribution is 2.36. The van der Waals surface area contributed by atoms with Crippen LogP contribution in [-0.2, 0) is 15.9 Å². The van der Waals surface area contributed by atoms with Crippen LogP contribution in [0.15, 0.2) is 18.2 Å². The predicted molar refractivity (Wildman–Crippen MR) is 72.8 cm³/mol. The first kappa shape index (κ1) is 13.6. The third kappa shape index (κ3) is 2.20. The van der Waals surface area contributed by atoms with Crippen LogP contribution in [0.3, 0.4) is 0 Å². The lowest BCUT2D eigenvalue weighted by Crippen LogP contribution is -2.41. The molecule has 0 amide bonds. The largest absolute Gasteiger partial charge is 0.495 e. The summed E-state index contributed by atoms with van der Waals surface area (Å²) >= 11 is 0. The highest BCUT2D eigenvalue weighted by molar-refractivity contribution is 6.62. The van der Waals surface area contributed by atoms with Crippen LogP contribution in [-0.4, -0.2) is 23.4 Å². The van der Waals surface area contributed by atoms with Gasteiger partial charge < -0.3 is 14.4 Å². The minimum atomic E-state index is -0.360. The van der Waals surface area contributed by atoms with Crippen LogP contribution in [0, 0.1) is 6.92 Å². The third-order valence-electron chi connectivity index (χ3n) is 4.03. The van der Waals surface area contributed by atoms with E-state index in [1.165, 1.54) is 0 Å². The molecule has 2 rings (SSSR count). The lowest BCUT2D eigenvalue weighted by molar-refractivity contribution is 0.00578. The van der Waals surface area contributed by atoms with Crippen LogP contribution < -0.4 is 5.46 Å². The molecule has 1 aromatic carbocycles. The number of rotatable bonds is 2. The summed E-state index contributed by atoms with van der Waals surface area (Å²) in [5, 5.41) is 9.22. The maximum Gasteiger partial charge on any atom is 0.495 e. The Kier molecular flexibility index (Phi) is 3.30. The van der Waals surface area contributed by atoms with Gasteiger partial charge in [0.1, 0.15) is 0 Å². The molecule has 0 aliphatic carbocycles. The van der Waals surface area contributed by atoms with Gasteiger partial charge in [0.15, 0.2) is 0 Å².